The van der Waals surface area contributed by atoms with Crippen molar-refractivity contribution in [3.05, 3.63) is 29.6 Å². The molecule has 22 heavy (non-hydrogen) atoms. The van der Waals surface area contributed by atoms with Crippen LogP contribution in [-0.2, 0) is 4.74 Å². The second-order valence-corrected chi connectivity index (χ2v) is 6.03. The van der Waals surface area contributed by atoms with Gasteiger partial charge in [-0.1, -0.05) is 0 Å². The largest absolute Gasteiger partial charge is 0.389 e. The van der Waals surface area contributed by atoms with Crippen LogP contribution in [0, 0.1) is 0 Å². The van der Waals surface area contributed by atoms with Crippen molar-refractivity contribution < 1.29 is 14.6 Å². The number of aliphatic hydroxyl groups excluding tert-OH is 1. The zero-order valence-corrected chi connectivity index (χ0v) is 12.9. The van der Waals surface area contributed by atoms with Gasteiger partial charge in [-0.2, -0.15) is 0 Å². The zero-order valence-electron chi connectivity index (χ0n) is 12.9. The number of amides is 1. The van der Waals surface area contributed by atoms with E-state index in [1.807, 2.05) is 12.1 Å². The van der Waals surface area contributed by atoms with E-state index in [1.54, 1.807) is 13.2 Å². The summed E-state index contributed by atoms with van der Waals surface area (Å²) in [6.45, 7) is 2.99. The molecule has 2 saturated heterocycles. The van der Waals surface area contributed by atoms with Gasteiger partial charge in [-0.3, -0.25) is 14.7 Å². The van der Waals surface area contributed by atoms with Crippen LogP contribution in [0.25, 0.3) is 0 Å². The number of rotatable bonds is 3. The molecule has 0 unspecified atom stereocenters. The fourth-order valence-electron chi connectivity index (χ4n) is 3.33. The van der Waals surface area contributed by atoms with E-state index >= 15 is 0 Å². The summed E-state index contributed by atoms with van der Waals surface area (Å²) in [6, 6.07) is 3.94. The van der Waals surface area contributed by atoms with E-state index in [0.717, 1.165) is 31.6 Å². The average molecular weight is 305 g/mol. The minimum Gasteiger partial charge on any atom is -0.389 e. The van der Waals surface area contributed by atoms with Gasteiger partial charge in [0.2, 0.25) is 0 Å². The van der Waals surface area contributed by atoms with Crippen LogP contribution in [0.1, 0.15) is 34.8 Å². The first-order valence-corrected chi connectivity index (χ1v) is 7.87. The normalized spacial score (nSPS) is 27.0. The summed E-state index contributed by atoms with van der Waals surface area (Å²) >= 11 is 0. The topological polar surface area (TPSA) is 74.7 Å². The molecule has 2 fully saturated rings. The van der Waals surface area contributed by atoms with Gasteiger partial charge >= 0.3 is 0 Å². The van der Waals surface area contributed by atoms with Gasteiger partial charge in [0.15, 0.2) is 0 Å². The van der Waals surface area contributed by atoms with E-state index in [-0.39, 0.29) is 18.1 Å². The maximum absolute atomic E-state index is 11.5. The Morgan fingerprint density at radius 1 is 1.36 bits per heavy atom. The number of pyridine rings is 1. The third-order valence-corrected chi connectivity index (χ3v) is 4.71. The molecule has 2 N–H and O–H groups in total. The van der Waals surface area contributed by atoms with Crippen molar-refractivity contribution in [3.63, 3.8) is 0 Å². The maximum Gasteiger partial charge on any atom is 0.252 e. The van der Waals surface area contributed by atoms with Crippen LogP contribution < -0.4 is 5.32 Å². The van der Waals surface area contributed by atoms with E-state index < -0.39 is 0 Å². The predicted molar refractivity (Wildman–Crippen MR) is 81.8 cm³/mol. The molecule has 120 valence electrons. The number of nitrogens with zero attached hydrogens (tertiary/aromatic N) is 2. The summed E-state index contributed by atoms with van der Waals surface area (Å²) in [6.07, 6.45) is 3.33. The third-order valence-electron chi connectivity index (χ3n) is 4.71. The molecule has 1 aromatic rings. The number of hydrogen-bond donors (Lipinski definition) is 2. The molecule has 0 bridgehead atoms. The second kappa shape index (κ2) is 6.73. The number of hydrogen-bond acceptors (Lipinski definition) is 5. The Morgan fingerprint density at radius 3 is 2.68 bits per heavy atom. The number of aromatic nitrogens is 1. The monoisotopic (exact) mass is 305 g/mol. The van der Waals surface area contributed by atoms with E-state index in [9.17, 15) is 9.90 Å². The molecule has 6 nitrogen and oxygen atoms in total. The summed E-state index contributed by atoms with van der Waals surface area (Å²) in [5.41, 5.74) is 1.64. The molecule has 0 radical (unpaired) electrons. The van der Waals surface area contributed by atoms with Gasteiger partial charge in [0.1, 0.15) is 0 Å². The van der Waals surface area contributed by atoms with Crippen LogP contribution in [0.4, 0.5) is 0 Å². The van der Waals surface area contributed by atoms with Crippen LogP contribution >= 0.6 is 0 Å². The van der Waals surface area contributed by atoms with Gasteiger partial charge in [-0.25, -0.2) is 0 Å². The van der Waals surface area contributed by atoms with Crippen molar-refractivity contribution in [1.29, 1.82) is 0 Å². The van der Waals surface area contributed by atoms with Gasteiger partial charge < -0.3 is 15.2 Å². The number of carbonyl (C=O) groups is 1. The molecular formula is C16H23N3O3. The molecule has 0 aliphatic carbocycles. The molecule has 3 rings (SSSR count). The Balaban J connectivity index is 1.58. The third kappa shape index (κ3) is 3.14. The van der Waals surface area contributed by atoms with Gasteiger partial charge in [0, 0.05) is 24.9 Å². The minimum absolute atomic E-state index is 0.107. The van der Waals surface area contributed by atoms with Gasteiger partial charge in [0.05, 0.1) is 30.9 Å². The highest BCUT2D eigenvalue weighted by Gasteiger charge is 2.34. The smallest absolute Gasteiger partial charge is 0.252 e. The van der Waals surface area contributed by atoms with Crippen molar-refractivity contribution in [3.8, 4) is 0 Å². The molecule has 3 heterocycles. The quantitative estimate of drug-likeness (QED) is 0.844. The van der Waals surface area contributed by atoms with Crippen LogP contribution in [0.15, 0.2) is 18.3 Å². The highest BCUT2D eigenvalue weighted by molar-refractivity contribution is 5.93. The first-order valence-electron chi connectivity index (χ1n) is 7.87. The number of carbonyl (C=O) groups excluding carboxylic acids is 1. The molecule has 0 aromatic carbocycles. The summed E-state index contributed by atoms with van der Waals surface area (Å²) in [5.74, 6) is 0.318. The van der Waals surface area contributed by atoms with Crippen LogP contribution in [0.5, 0.6) is 0 Å². The first kappa shape index (κ1) is 15.4. The highest BCUT2D eigenvalue weighted by Crippen LogP contribution is 2.29. The first-order chi connectivity index (χ1) is 10.7. The molecular weight excluding hydrogens is 282 g/mol. The molecule has 1 aromatic heterocycles. The molecule has 2 atom stereocenters. The molecule has 2 aliphatic heterocycles. The molecule has 1 amide bonds. The number of nitrogens with one attached hydrogen (secondary N) is 1. The Hall–Kier alpha value is -1.50. The number of piperidine rings is 1. The van der Waals surface area contributed by atoms with E-state index in [0.29, 0.717) is 24.7 Å². The SMILES string of the molecule is CNC(=O)c1ccc(C2CCN([C@@H]3COC[C@H]3O)CC2)nc1. The van der Waals surface area contributed by atoms with Crippen molar-refractivity contribution in [1.82, 2.24) is 15.2 Å². The predicted octanol–water partition coefficient (Wildman–Crippen LogP) is 0.380. The number of ether oxygens (including phenoxy) is 1. The number of aliphatic hydroxyl groups is 1. The van der Waals surface area contributed by atoms with Crippen LogP contribution in [0.2, 0.25) is 0 Å². The average Bonchev–Trinajstić information content (AvgIpc) is 3.00. The van der Waals surface area contributed by atoms with Crippen molar-refractivity contribution in [2.45, 2.75) is 30.9 Å². The molecule has 0 spiro atoms. The maximum atomic E-state index is 11.5. The minimum atomic E-state index is -0.360. The lowest BCUT2D eigenvalue weighted by Gasteiger charge is -2.36. The fraction of sp³-hybridized carbons (Fsp3) is 0.625. The zero-order chi connectivity index (χ0) is 15.5. The lowest BCUT2D eigenvalue weighted by atomic mass is 9.91. The Bertz CT molecular complexity index is 512. The molecule has 6 heteroatoms. The van der Waals surface area contributed by atoms with Crippen molar-refractivity contribution in [2.75, 3.05) is 33.4 Å². The van der Waals surface area contributed by atoms with Crippen molar-refractivity contribution >= 4 is 5.91 Å². The lowest BCUT2D eigenvalue weighted by molar-refractivity contribution is 0.0660. The van der Waals surface area contributed by atoms with Gasteiger partial charge in [-0.15, -0.1) is 0 Å². The Morgan fingerprint density at radius 2 is 2.14 bits per heavy atom. The van der Waals surface area contributed by atoms with Gasteiger partial charge in [0.25, 0.3) is 5.91 Å². The molecule has 0 saturated carbocycles. The van der Waals surface area contributed by atoms with E-state index in [2.05, 4.69) is 15.2 Å². The molecule has 2 aliphatic rings. The summed E-state index contributed by atoms with van der Waals surface area (Å²) in [7, 11) is 1.62. The standard InChI is InChI=1S/C16H23N3O3/c1-17-16(21)12-2-3-13(18-8-12)11-4-6-19(7-5-11)14-9-22-10-15(14)20/h2-3,8,11,14-15,20H,4-7,9-10H2,1H3,(H,17,21)/t14-,15-/m1/s1. The van der Waals surface area contributed by atoms with Crippen LogP contribution in [0.3, 0.4) is 0 Å². The lowest BCUT2D eigenvalue weighted by Crippen LogP contribution is -2.46. The van der Waals surface area contributed by atoms with E-state index in [1.165, 1.54) is 0 Å². The van der Waals surface area contributed by atoms with Gasteiger partial charge in [-0.05, 0) is 38.1 Å². The Labute approximate surface area is 130 Å². The summed E-state index contributed by atoms with van der Waals surface area (Å²) < 4.78 is 5.34. The Kier molecular flexibility index (Phi) is 4.71. The second-order valence-electron chi connectivity index (χ2n) is 6.03. The van der Waals surface area contributed by atoms with Crippen molar-refractivity contribution in [2.24, 2.45) is 0 Å². The highest BCUT2D eigenvalue weighted by atomic mass is 16.5. The fourth-order valence-corrected chi connectivity index (χ4v) is 3.33. The summed E-state index contributed by atoms with van der Waals surface area (Å²) in [4.78, 5) is 18.3. The van der Waals surface area contributed by atoms with Crippen LogP contribution in [-0.4, -0.2) is 66.4 Å². The number of likely N-dealkylation sites (tertiary alicyclic amines) is 1. The summed E-state index contributed by atoms with van der Waals surface area (Å²) in [5, 5.41) is 12.5. The van der Waals surface area contributed by atoms with E-state index in [4.69, 9.17) is 4.74 Å².